The van der Waals surface area contributed by atoms with Crippen molar-refractivity contribution >= 4 is 0 Å². The van der Waals surface area contributed by atoms with E-state index in [9.17, 15) is 0 Å². The fraction of sp³-hybridized carbons (Fsp3) is 0.357. The van der Waals surface area contributed by atoms with Gasteiger partial charge >= 0.3 is 0 Å². The summed E-state index contributed by atoms with van der Waals surface area (Å²) in [7, 11) is 0. The van der Waals surface area contributed by atoms with Crippen molar-refractivity contribution in [3.05, 3.63) is 40.5 Å². The van der Waals surface area contributed by atoms with Gasteiger partial charge in [0.2, 0.25) is 0 Å². The Morgan fingerprint density at radius 1 is 0.938 bits per heavy atom. The molecule has 0 aliphatic heterocycles. The molecule has 0 fully saturated rings. The van der Waals surface area contributed by atoms with Gasteiger partial charge < -0.3 is 4.42 Å². The Morgan fingerprint density at radius 3 is 1.94 bits per heavy atom. The molecule has 2 nitrogen and oxygen atoms in total. The Balaban J connectivity index is 2.73. The zero-order chi connectivity index (χ0) is 11.9. The monoisotopic (exact) mass is 215 g/mol. The lowest BCUT2D eigenvalue weighted by atomic mass is 9.93. The van der Waals surface area contributed by atoms with Crippen molar-refractivity contribution in [3.63, 3.8) is 0 Å². The summed E-state index contributed by atoms with van der Waals surface area (Å²) in [5.41, 5.74) is 7.35. The van der Waals surface area contributed by atoms with Crippen LogP contribution >= 0.6 is 0 Å². The highest BCUT2D eigenvalue weighted by Gasteiger charge is 2.13. The topological polar surface area (TPSA) is 26.0 Å². The van der Waals surface area contributed by atoms with Gasteiger partial charge in [-0.3, -0.25) is 0 Å². The van der Waals surface area contributed by atoms with Crippen molar-refractivity contribution in [3.8, 4) is 11.3 Å². The van der Waals surface area contributed by atoms with Gasteiger partial charge in [0.25, 0.3) is 0 Å². The second-order valence-corrected chi connectivity index (χ2v) is 4.39. The number of benzene rings is 1. The molecule has 0 radical (unpaired) electrons. The van der Waals surface area contributed by atoms with E-state index in [1.54, 1.807) is 6.26 Å². The Hall–Kier alpha value is -1.57. The smallest absolute Gasteiger partial charge is 0.191 e. The first-order valence-corrected chi connectivity index (χ1v) is 5.50. The molecule has 1 aromatic carbocycles. The molecule has 2 heteroatoms. The van der Waals surface area contributed by atoms with Crippen LogP contribution in [0.5, 0.6) is 0 Å². The van der Waals surface area contributed by atoms with Gasteiger partial charge in [-0.1, -0.05) is 6.07 Å². The van der Waals surface area contributed by atoms with Crippen molar-refractivity contribution in [1.82, 2.24) is 4.98 Å². The third-order valence-corrected chi connectivity index (χ3v) is 3.24. The van der Waals surface area contributed by atoms with Crippen LogP contribution in [0.2, 0.25) is 0 Å². The normalized spacial score (nSPS) is 10.8. The van der Waals surface area contributed by atoms with Crippen LogP contribution in [0.25, 0.3) is 11.3 Å². The number of oxazole rings is 1. The fourth-order valence-electron chi connectivity index (χ4n) is 2.08. The van der Waals surface area contributed by atoms with E-state index in [0.717, 1.165) is 5.69 Å². The molecule has 0 atom stereocenters. The maximum absolute atomic E-state index is 5.30. The van der Waals surface area contributed by atoms with Gasteiger partial charge in [0, 0.05) is 12.5 Å². The van der Waals surface area contributed by atoms with E-state index >= 15 is 0 Å². The minimum absolute atomic E-state index is 0.716. The zero-order valence-electron chi connectivity index (χ0n) is 10.5. The maximum Gasteiger partial charge on any atom is 0.191 e. The van der Waals surface area contributed by atoms with Crippen molar-refractivity contribution in [2.75, 3.05) is 0 Å². The van der Waals surface area contributed by atoms with Crippen LogP contribution in [0.4, 0.5) is 0 Å². The van der Waals surface area contributed by atoms with Crippen molar-refractivity contribution in [2.45, 2.75) is 34.6 Å². The van der Waals surface area contributed by atoms with E-state index in [0.29, 0.717) is 5.89 Å². The molecule has 0 N–H and O–H groups in total. The Kier molecular flexibility index (Phi) is 2.58. The minimum atomic E-state index is 0.716. The van der Waals surface area contributed by atoms with Gasteiger partial charge in [-0.15, -0.1) is 0 Å². The molecule has 16 heavy (non-hydrogen) atoms. The first-order valence-electron chi connectivity index (χ1n) is 5.50. The maximum atomic E-state index is 5.30. The van der Waals surface area contributed by atoms with Crippen molar-refractivity contribution in [1.29, 1.82) is 0 Å². The summed E-state index contributed by atoms with van der Waals surface area (Å²) in [6.45, 7) is 10.4. The van der Waals surface area contributed by atoms with E-state index in [1.165, 1.54) is 27.8 Å². The molecule has 0 unspecified atom stereocenters. The molecule has 0 amide bonds. The first-order chi connectivity index (χ1) is 7.50. The van der Waals surface area contributed by atoms with Crippen LogP contribution < -0.4 is 0 Å². The second-order valence-electron chi connectivity index (χ2n) is 4.39. The van der Waals surface area contributed by atoms with Gasteiger partial charge in [0.05, 0.1) is 0 Å². The molecular weight excluding hydrogens is 198 g/mol. The Morgan fingerprint density at radius 2 is 1.50 bits per heavy atom. The average Bonchev–Trinajstić information content (AvgIpc) is 2.62. The van der Waals surface area contributed by atoms with E-state index in [2.05, 4.69) is 38.7 Å². The first kappa shape index (κ1) is 10.9. The summed E-state index contributed by atoms with van der Waals surface area (Å²) < 4.78 is 5.30. The molecular formula is C14H17NO. The second kappa shape index (κ2) is 3.78. The summed E-state index contributed by atoms with van der Waals surface area (Å²) in [6.07, 6.45) is 1.74. The van der Waals surface area contributed by atoms with E-state index < -0.39 is 0 Å². The standard InChI is InChI=1S/C14H17NO/c1-8-6-9(2)11(4)14(10(8)3)13-7-16-12(5)15-13/h6-7H,1-5H3. The van der Waals surface area contributed by atoms with Crippen LogP contribution in [-0.2, 0) is 0 Å². The molecule has 84 valence electrons. The van der Waals surface area contributed by atoms with Gasteiger partial charge in [-0.25, -0.2) is 4.98 Å². The van der Waals surface area contributed by atoms with Crippen LogP contribution in [0, 0.1) is 34.6 Å². The van der Waals surface area contributed by atoms with Crippen LogP contribution in [0.3, 0.4) is 0 Å². The summed E-state index contributed by atoms with van der Waals surface area (Å²) in [6, 6.07) is 2.22. The third-order valence-electron chi connectivity index (χ3n) is 3.24. The van der Waals surface area contributed by atoms with Gasteiger partial charge in [0.1, 0.15) is 12.0 Å². The quantitative estimate of drug-likeness (QED) is 0.721. The predicted octanol–water partition coefficient (Wildman–Crippen LogP) is 3.88. The number of aromatic nitrogens is 1. The number of hydrogen-bond acceptors (Lipinski definition) is 2. The third kappa shape index (κ3) is 1.64. The average molecular weight is 215 g/mol. The molecule has 0 aliphatic rings. The Labute approximate surface area is 96.3 Å². The zero-order valence-corrected chi connectivity index (χ0v) is 10.5. The number of nitrogens with zero attached hydrogens (tertiary/aromatic N) is 1. The molecule has 1 aromatic heterocycles. The Bertz CT molecular complexity index is 512. The van der Waals surface area contributed by atoms with Crippen molar-refractivity contribution < 1.29 is 4.42 Å². The lowest BCUT2D eigenvalue weighted by Crippen LogP contribution is -1.95. The molecule has 1 heterocycles. The predicted molar refractivity (Wildman–Crippen MR) is 65.6 cm³/mol. The SMILES string of the molecule is Cc1nc(-c2c(C)c(C)cc(C)c2C)co1. The van der Waals surface area contributed by atoms with E-state index in [1.807, 2.05) is 6.92 Å². The number of hydrogen-bond donors (Lipinski definition) is 0. The molecule has 0 aliphatic carbocycles. The van der Waals surface area contributed by atoms with Gasteiger partial charge in [-0.05, 0) is 49.9 Å². The van der Waals surface area contributed by atoms with E-state index in [-0.39, 0.29) is 0 Å². The van der Waals surface area contributed by atoms with Gasteiger partial charge in [-0.2, -0.15) is 0 Å². The fourth-order valence-corrected chi connectivity index (χ4v) is 2.08. The summed E-state index contributed by atoms with van der Waals surface area (Å²) in [4.78, 5) is 4.42. The molecule has 2 rings (SSSR count). The lowest BCUT2D eigenvalue weighted by Gasteiger charge is -2.12. The molecule has 0 saturated carbocycles. The summed E-state index contributed by atoms with van der Waals surface area (Å²) in [5, 5.41) is 0. The minimum Gasteiger partial charge on any atom is -0.449 e. The van der Waals surface area contributed by atoms with Crippen molar-refractivity contribution in [2.24, 2.45) is 0 Å². The largest absolute Gasteiger partial charge is 0.449 e. The van der Waals surface area contributed by atoms with Crippen LogP contribution in [0.15, 0.2) is 16.7 Å². The highest BCUT2D eigenvalue weighted by Crippen LogP contribution is 2.30. The molecule has 0 saturated heterocycles. The number of rotatable bonds is 1. The number of aryl methyl sites for hydroxylation is 3. The molecule has 2 aromatic rings. The van der Waals surface area contributed by atoms with Gasteiger partial charge in [0.15, 0.2) is 5.89 Å². The summed E-state index contributed by atoms with van der Waals surface area (Å²) >= 11 is 0. The molecule has 0 bridgehead atoms. The van der Waals surface area contributed by atoms with E-state index in [4.69, 9.17) is 4.42 Å². The highest BCUT2D eigenvalue weighted by atomic mass is 16.3. The molecule has 0 spiro atoms. The van der Waals surface area contributed by atoms with Crippen LogP contribution in [0.1, 0.15) is 28.1 Å². The lowest BCUT2D eigenvalue weighted by molar-refractivity contribution is 0.521. The summed E-state index contributed by atoms with van der Waals surface area (Å²) in [5.74, 6) is 0.716. The highest BCUT2D eigenvalue weighted by molar-refractivity contribution is 5.69. The van der Waals surface area contributed by atoms with Crippen LogP contribution in [-0.4, -0.2) is 4.98 Å².